The molecule has 4 aliphatic heterocycles. The largest absolute Gasteiger partial charge is 0.459 e. The average Bonchev–Trinajstić information content (AvgIpc) is 3.28. The number of ether oxygens (including phenoxy) is 4. The van der Waals surface area contributed by atoms with Crippen LogP contribution in [0.5, 0.6) is 0 Å². The lowest BCUT2D eigenvalue weighted by Crippen LogP contribution is -2.65. The second kappa shape index (κ2) is 4.17. The van der Waals surface area contributed by atoms with Gasteiger partial charge in [-0.1, -0.05) is 27.7 Å². The quantitative estimate of drug-likeness (QED) is 0.659. The number of carbonyl (C=O) groups is 1. The normalized spacial score (nSPS) is 62.2. The number of hydrogen-bond acceptors (Lipinski definition) is 6. The Hall–Kier alpha value is -0.690. The van der Waals surface area contributed by atoms with Gasteiger partial charge in [0.25, 0.3) is 0 Å². The summed E-state index contributed by atoms with van der Waals surface area (Å²) < 4.78 is 24.6. The summed E-state index contributed by atoms with van der Waals surface area (Å²) >= 11 is 0. The van der Waals surface area contributed by atoms with E-state index in [9.17, 15) is 9.90 Å². The Kier molecular flexibility index (Phi) is 2.61. The molecule has 1 N–H and O–H groups in total. The first-order valence-corrected chi connectivity index (χ1v) is 10.0. The topological polar surface area (TPSA) is 74.2 Å². The van der Waals surface area contributed by atoms with Crippen molar-refractivity contribution in [1.82, 2.24) is 0 Å². The smallest absolute Gasteiger partial charge is 0.342 e. The lowest BCUT2D eigenvalue weighted by Gasteiger charge is -2.46. The van der Waals surface area contributed by atoms with Crippen molar-refractivity contribution in [2.24, 2.45) is 28.1 Å². The molecular formula is C20H28O6. The third-order valence-electron chi connectivity index (χ3n) is 9.01. The molecule has 6 rings (SSSR count). The van der Waals surface area contributed by atoms with E-state index in [4.69, 9.17) is 18.9 Å². The van der Waals surface area contributed by atoms with E-state index in [0.717, 1.165) is 12.8 Å². The van der Waals surface area contributed by atoms with E-state index < -0.39 is 28.9 Å². The van der Waals surface area contributed by atoms with Crippen LogP contribution in [0.25, 0.3) is 0 Å². The van der Waals surface area contributed by atoms with Gasteiger partial charge in [-0.3, -0.25) is 0 Å². The van der Waals surface area contributed by atoms with Crippen LogP contribution in [0.3, 0.4) is 0 Å². The zero-order chi connectivity index (χ0) is 18.3. The van der Waals surface area contributed by atoms with Crippen molar-refractivity contribution in [2.45, 2.75) is 76.7 Å². The molecule has 2 aliphatic carbocycles. The lowest BCUT2D eigenvalue weighted by atomic mass is 9.52. The van der Waals surface area contributed by atoms with Crippen molar-refractivity contribution >= 4 is 5.97 Å². The van der Waals surface area contributed by atoms with Crippen LogP contribution < -0.4 is 0 Å². The molecule has 6 fully saturated rings. The maximum atomic E-state index is 13.3. The van der Waals surface area contributed by atoms with Crippen LogP contribution in [0.4, 0.5) is 0 Å². The molecule has 0 radical (unpaired) electrons. The van der Waals surface area contributed by atoms with Gasteiger partial charge in [0.1, 0.15) is 11.7 Å². The molecule has 0 bridgehead atoms. The standard InChI is InChI=1S/C20H28O6/c1-10-9-24-13-8-18-12-7-11(16(2,3)4)17(18)5-6-23-15(17)26-20(18,14(21)25-12)19(10,13)22/h10-13,15,22H,5-9H2,1-4H3/t10-,11+,12?,13?,15+,17?,18?,19-,20?/m1/s1. The van der Waals surface area contributed by atoms with Gasteiger partial charge >= 0.3 is 5.97 Å². The molecule has 4 heterocycles. The fourth-order valence-corrected chi connectivity index (χ4v) is 8.28. The fourth-order valence-electron chi connectivity index (χ4n) is 8.28. The van der Waals surface area contributed by atoms with Crippen molar-refractivity contribution in [1.29, 1.82) is 0 Å². The Bertz CT molecular complexity index is 716. The number of rotatable bonds is 0. The first-order valence-electron chi connectivity index (χ1n) is 10.0. The molecule has 0 aromatic heterocycles. The van der Waals surface area contributed by atoms with Crippen LogP contribution in [0, 0.1) is 28.1 Å². The highest BCUT2D eigenvalue weighted by atomic mass is 16.7. The highest BCUT2D eigenvalue weighted by Gasteiger charge is 2.97. The Morgan fingerprint density at radius 1 is 1.19 bits per heavy atom. The summed E-state index contributed by atoms with van der Waals surface area (Å²) in [5.41, 5.74) is -3.51. The van der Waals surface area contributed by atoms with Crippen molar-refractivity contribution < 1.29 is 28.8 Å². The van der Waals surface area contributed by atoms with Gasteiger partial charge in [-0.25, -0.2) is 4.79 Å². The third-order valence-corrected chi connectivity index (χ3v) is 9.01. The fraction of sp³-hybridized carbons (Fsp3) is 0.950. The second-order valence-corrected chi connectivity index (χ2v) is 10.6. The summed E-state index contributed by atoms with van der Waals surface area (Å²) in [6.07, 6.45) is 1.25. The van der Waals surface area contributed by atoms with Crippen LogP contribution in [0.1, 0.15) is 47.0 Å². The summed E-state index contributed by atoms with van der Waals surface area (Å²) in [7, 11) is 0. The SMILES string of the molecule is C[C@@H]1COC2CC34C5C[C@@H](C(C)(C)C)C36CCO[C@H]6OC4(C(=O)O5)[C@]21O. The van der Waals surface area contributed by atoms with E-state index in [1.807, 2.05) is 6.92 Å². The van der Waals surface area contributed by atoms with E-state index in [-0.39, 0.29) is 29.0 Å². The summed E-state index contributed by atoms with van der Waals surface area (Å²) in [5, 5.41) is 11.9. The zero-order valence-corrected chi connectivity index (χ0v) is 15.9. The molecular weight excluding hydrogens is 336 g/mol. The van der Waals surface area contributed by atoms with Gasteiger partial charge in [0.15, 0.2) is 6.29 Å². The number of carbonyl (C=O) groups excluding carboxylic acids is 1. The average molecular weight is 364 g/mol. The van der Waals surface area contributed by atoms with Gasteiger partial charge in [0, 0.05) is 11.3 Å². The summed E-state index contributed by atoms with van der Waals surface area (Å²) in [6, 6.07) is 0. The minimum atomic E-state index is -1.35. The molecule has 9 atom stereocenters. The molecule has 6 heteroatoms. The van der Waals surface area contributed by atoms with Crippen molar-refractivity contribution in [3.63, 3.8) is 0 Å². The van der Waals surface area contributed by atoms with Gasteiger partial charge in [0.05, 0.1) is 24.7 Å². The third kappa shape index (κ3) is 1.20. The van der Waals surface area contributed by atoms with E-state index in [1.165, 1.54) is 0 Å². The second-order valence-electron chi connectivity index (χ2n) is 10.6. The number of aliphatic hydroxyl groups is 1. The summed E-state index contributed by atoms with van der Waals surface area (Å²) in [4.78, 5) is 13.3. The number of esters is 1. The van der Waals surface area contributed by atoms with Gasteiger partial charge in [0.2, 0.25) is 5.60 Å². The van der Waals surface area contributed by atoms with E-state index >= 15 is 0 Å². The van der Waals surface area contributed by atoms with Crippen LogP contribution >= 0.6 is 0 Å². The molecule has 5 unspecified atom stereocenters. The molecule has 6 aliphatic rings. The molecule has 0 amide bonds. The molecule has 0 aromatic carbocycles. The van der Waals surface area contributed by atoms with Gasteiger partial charge in [-0.15, -0.1) is 0 Å². The first-order chi connectivity index (χ1) is 12.2. The molecule has 6 nitrogen and oxygen atoms in total. The van der Waals surface area contributed by atoms with Gasteiger partial charge in [-0.05, 0) is 30.6 Å². The Morgan fingerprint density at radius 3 is 2.69 bits per heavy atom. The van der Waals surface area contributed by atoms with Crippen LogP contribution in [0.2, 0.25) is 0 Å². The molecule has 144 valence electrons. The molecule has 4 saturated heterocycles. The van der Waals surface area contributed by atoms with E-state index in [2.05, 4.69) is 20.8 Å². The minimum absolute atomic E-state index is 0.0314. The molecule has 26 heavy (non-hydrogen) atoms. The molecule has 0 aromatic rings. The van der Waals surface area contributed by atoms with Crippen LogP contribution in [-0.2, 0) is 23.7 Å². The van der Waals surface area contributed by atoms with Gasteiger partial charge in [-0.2, -0.15) is 0 Å². The Balaban J connectivity index is 1.65. The van der Waals surface area contributed by atoms with E-state index in [1.54, 1.807) is 0 Å². The van der Waals surface area contributed by atoms with E-state index in [0.29, 0.717) is 25.6 Å². The number of hydrogen-bond donors (Lipinski definition) is 1. The highest BCUT2D eigenvalue weighted by molar-refractivity contribution is 5.88. The molecule has 2 spiro atoms. The van der Waals surface area contributed by atoms with Crippen molar-refractivity contribution in [3.8, 4) is 0 Å². The summed E-state index contributed by atoms with van der Waals surface area (Å²) in [6.45, 7) is 9.80. The van der Waals surface area contributed by atoms with Crippen molar-refractivity contribution in [3.05, 3.63) is 0 Å². The lowest BCUT2D eigenvalue weighted by molar-refractivity contribution is -0.239. The Labute approximate surface area is 153 Å². The van der Waals surface area contributed by atoms with Crippen molar-refractivity contribution in [2.75, 3.05) is 13.2 Å². The monoisotopic (exact) mass is 364 g/mol. The first kappa shape index (κ1) is 16.3. The predicted molar refractivity (Wildman–Crippen MR) is 89.0 cm³/mol. The number of fused-ring (bicyclic) bond motifs is 1. The predicted octanol–water partition coefficient (Wildman–Crippen LogP) is 1.64. The minimum Gasteiger partial charge on any atom is -0.459 e. The van der Waals surface area contributed by atoms with Crippen LogP contribution in [0.15, 0.2) is 0 Å². The van der Waals surface area contributed by atoms with Gasteiger partial charge < -0.3 is 24.1 Å². The maximum absolute atomic E-state index is 13.3. The maximum Gasteiger partial charge on any atom is 0.342 e. The zero-order valence-electron chi connectivity index (χ0n) is 15.9. The molecule has 2 saturated carbocycles. The highest BCUT2D eigenvalue weighted by Crippen LogP contribution is 2.84. The van der Waals surface area contributed by atoms with Crippen LogP contribution in [-0.4, -0.2) is 54.0 Å². The Morgan fingerprint density at radius 2 is 1.96 bits per heavy atom. The summed E-state index contributed by atoms with van der Waals surface area (Å²) in [5.74, 6) is -0.266.